The van der Waals surface area contributed by atoms with Crippen LogP contribution >= 0.6 is 0 Å². The van der Waals surface area contributed by atoms with Gasteiger partial charge in [-0.1, -0.05) is 13.8 Å². The SMILES string of the molecule is COCC(O)CNC(=O)C(CC(C)C)NC(N)=O. The van der Waals surface area contributed by atoms with Gasteiger partial charge in [0.2, 0.25) is 5.91 Å². The van der Waals surface area contributed by atoms with Crippen molar-refractivity contribution >= 4 is 11.9 Å². The molecule has 0 aliphatic rings. The summed E-state index contributed by atoms with van der Waals surface area (Å²) in [5.74, 6) is -0.130. The Kier molecular flexibility index (Phi) is 8.06. The van der Waals surface area contributed by atoms with Crippen LogP contribution in [0.1, 0.15) is 20.3 Å². The lowest BCUT2D eigenvalue weighted by Gasteiger charge is -2.20. The summed E-state index contributed by atoms with van der Waals surface area (Å²) in [5.41, 5.74) is 5.01. The maximum absolute atomic E-state index is 11.8. The zero-order valence-corrected chi connectivity index (χ0v) is 11.1. The summed E-state index contributed by atoms with van der Waals surface area (Å²) >= 11 is 0. The van der Waals surface area contributed by atoms with Gasteiger partial charge in [-0.05, 0) is 12.3 Å². The number of aliphatic hydroxyl groups is 1. The summed E-state index contributed by atoms with van der Waals surface area (Å²) in [6.07, 6.45) is -0.290. The standard InChI is InChI=1S/C11H23N3O4/c1-7(2)4-9(14-11(12)17)10(16)13-5-8(15)6-18-3/h7-9,15H,4-6H2,1-3H3,(H,13,16)(H3,12,14,17). The van der Waals surface area contributed by atoms with E-state index in [1.54, 1.807) is 0 Å². The number of urea groups is 1. The van der Waals surface area contributed by atoms with Crippen LogP contribution in [0.5, 0.6) is 0 Å². The molecule has 7 heteroatoms. The minimum Gasteiger partial charge on any atom is -0.389 e. The van der Waals surface area contributed by atoms with E-state index in [1.807, 2.05) is 13.8 Å². The molecule has 0 saturated carbocycles. The molecule has 0 spiro atoms. The average Bonchev–Trinajstić information content (AvgIpc) is 2.24. The molecule has 2 unspecified atom stereocenters. The Morgan fingerprint density at radius 3 is 2.44 bits per heavy atom. The summed E-state index contributed by atoms with van der Waals surface area (Å²) in [7, 11) is 1.46. The van der Waals surface area contributed by atoms with Crippen molar-refractivity contribution in [2.45, 2.75) is 32.4 Å². The minimum absolute atomic E-state index is 0.0711. The van der Waals surface area contributed by atoms with Crippen molar-refractivity contribution in [2.24, 2.45) is 11.7 Å². The third kappa shape index (κ3) is 7.86. The lowest BCUT2D eigenvalue weighted by atomic mass is 10.0. The third-order valence-corrected chi connectivity index (χ3v) is 2.21. The van der Waals surface area contributed by atoms with Crippen LogP contribution in [0.25, 0.3) is 0 Å². The number of rotatable bonds is 8. The Bertz CT molecular complexity index is 271. The Morgan fingerprint density at radius 1 is 1.39 bits per heavy atom. The molecule has 0 saturated heterocycles. The van der Waals surface area contributed by atoms with E-state index in [4.69, 9.17) is 10.5 Å². The van der Waals surface area contributed by atoms with Gasteiger partial charge in [0, 0.05) is 13.7 Å². The van der Waals surface area contributed by atoms with Gasteiger partial charge in [-0.2, -0.15) is 0 Å². The van der Waals surface area contributed by atoms with Gasteiger partial charge in [-0.25, -0.2) is 4.79 Å². The molecule has 0 aromatic heterocycles. The van der Waals surface area contributed by atoms with E-state index in [0.717, 1.165) is 0 Å². The summed E-state index contributed by atoms with van der Waals surface area (Å²) in [6, 6.07) is -1.43. The summed E-state index contributed by atoms with van der Waals surface area (Å²) in [6.45, 7) is 4.07. The molecule has 0 aliphatic heterocycles. The van der Waals surface area contributed by atoms with Crippen LogP contribution in [0, 0.1) is 5.92 Å². The van der Waals surface area contributed by atoms with Crippen molar-refractivity contribution in [3.63, 3.8) is 0 Å². The van der Waals surface area contributed by atoms with Crippen LogP contribution in [0.3, 0.4) is 0 Å². The molecule has 7 nitrogen and oxygen atoms in total. The number of amides is 3. The first kappa shape index (κ1) is 16.7. The number of hydrogen-bond donors (Lipinski definition) is 4. The Labute approximate surface area is 107 Å². The smallest absolute Gasteiger partial charge is 0.312 e. The van der Waals surface area contributed by atoms with Gasteiger partial charge in [0.15, 0.2) is 0 Å². The fourth-order valence-corrected chi connectivity index (χ4v) is 1.47. The molecule has 0 aromatic carbocycles. The highest BCUT2D eigenvalue weighted by Gasteiger charge is 2.21. The van der Waals surface area contributed by atoms with Gasteiger partial charge in [0.1, 0.15) is 6.04 Å². The second-order valence-electron chi connectivity index (χ2n) is 4.55. The highest BCUT2D eigenvalue weighted by molar-refractivity contribution is 5.86. The second kappa shape index (κ2) is 8.71. The van der Waals surface area contributed by atoms with Crippen molar-refractivity contribution in [2.75, 3.05) is 20.3 Å². The number of carbonyl (C=O) groups is 2. The number of aliphatic hydroxyl groups excluding tert-OH is 1. The molecule has 0 heterocycles. The van der Waals surface area contributed by atoms with Crippen molar-refractivity contribution < 1.29 is 19.4 Å². The normalized spacial score (nSPS) is 14.1. The Balaban J connectivity index is 4.24. The van der Waals surface area contributed by atoms with E-state index in [9.17, 15) is 14.7 Å². The Morgan fingerprint density at radius 2 is 2.00 bits per heavy atom. The van der Waals surface area contributed by atoms with E-state index in [2.05, 4.69) is 10.6 Å². The van der Waals surface area contributed by atoms with Crippen molar-refractivity contribution in [3.05, 3.63) is 0 Å². The number of nitrogens with one attached hydrogen (secondary N) is 2. The summed E-state index contributed by atoms with van der Waals surface area (Å²) in [4.78, 5) is 22.6. The number of carbonyl (C=O) groups excluding carboxylic acids is 2. The second-order valence-corrected chi connectivity index (χ2v) is 4.55. The van der Waals surface area contributed by atoms with Crippen LogP contribution in [-0.2, 0) is 9.53 Å². The summed E-state index contributed by atoms with van der Waals surface area (Å²) < 4.78 is 4.73. The van der Waals surface area contributed by atoms with Gasteiger partial charge in [0.25, 0.3) is 0 Å². The van der Waals surface area contributed by atoms with Crippen LogP contribution in [0.2, 0.25) is 0 Å². The first-order valence-electron chi connectivity index (χ1n) is 5.87. The fourth-order valence-electron chi connectivity index (χ4n) is 1.47. The average molecular weight is 261 g/mol. The number of methoxy groups -OCH3 is 1. The molecular weight excluding hydrogens is 238 g/mol. The number of primary amides is 1. The highest BCUT2D eigenvalue weighted by Crippen LogP contribution is 2.04. The monoisotopic (exact) mass is 261 g/mol. The van der Waals surface area contributed by atoms with Gasteiger partial charge in [-0.15, -0.1) is 0 Å². The van der Waals surface area contributed by atoms with Crippen LogP contribution in [0.4, 0.5) is 4.79 Å². The molecular formula is C11H23N3O4. The lowest BCUT2D eigenvalue weighted by molar-refractivity contribution is -0.123. The molecule has 0 fully saturated rings. The van der Waals surface area contributed by atoms with Gasteiger partial charge < -0.3 is 26.2 Å². The van der Waals surface area contributed by atoms with Gasteiger partial charge in [-0.3, -0.25) is 4.79 Å². The van der Waals surface area contributed by atoms with Gasteiger partial charge in [0.05, 0.1) is 12.7 Å². The molecule has 106 valence electrons. The van der Waals surface area contributed by atoms with E-state index in [1.165, 1.54) is 7.11 Å². The zero-order valence-electron chi connectivity index (χ0n) is 11.1. The number of ether oxygens (including phenoxy) is 1. The predicted molar refractivity (Wildman–Crippen MR) is 66.9 cm³/mol. The lowest BCUT2D eigenvalue weighted by Crippen LogP contribution is -2.50. The van der Waals surface area contributed by atoms with Crippen LogP contribution < -0.4 is 16.4 Å². The molecule has 0 aliphatic carbocycles. The fraction of sp³-hybridized carbons (Fsp3) is 0.818. The van der Waals surface area contributed by atoms with Gasteiger partial charge >= 0.3 is 6.03 Å². The first-order valence-corrected chi connectivity index (χ1v) is 5.87. The van der Waals surface area contributed by atoms with E-state index >= 15 is 0 Å². The van der Waals surface area contributed by atoms with Crippen molar-refractivity contribution in [1.82, 2.24) is 10.6 Å². The van der Waals surface area contributed by atoms with E-state index in [0.29, 0.717) is 6.42 Å². The van der Waals surface area contributed by atoms with Crippen molar-refractivity contribution in [1.29, 1.82) is 0 Å². The molecule has 0 aromatic rings. The molecule has 0 rings (SSSR count). The highest BCUT2D eigenvalue weighted by atomic mass is 16.5. The first-order chi connectivity index (χ1) is 8.36. The maximum Gasteiger partial charge on any atom is 0.312 e. The van der Waals surface area contributed by atoms with Crippen LogP contribution in [0.15, 0.2) is 0 Å². The van der Waals surface area contributed by atoms with E-state index < -0.39 is 18.2 Å². The molecule has 3 amide bonds. The largest absolute Gasteiger partial charge is 0.389 e. The topological polar surface area (TPSA) is 114 Å². The predicted octanol–water partition coefficient (Wildman–Crippen LogP) is -0.807. The molecule has 5 N–H and O–H groups in total. The number of nitrogens with two attached hydrogens (primary N) is 1. The maximum atomic E-state index is 11.8. The van der Waals surface area contributed by atoms with E-state index in [-0.39, 0.29) is 25.0 Å². The Hall–Kier alpha value is -1.34. The minimum atomic E-state index is -0.771. The molecule has 0 radical (unpaired) electrons. The third-order valence-electron chi connectivity index (χ3n) is 2.21. The zero-order chi connectivity index (χ0) is 14.1. The molecule has 0 bridgehead atoms. The molecule has 18 heavy (non-hydrogen) atoms. The quantitative estimate of drug-likeness (QED) is 0.457. The number of hydrogen-bond acceptors (Lipinski definition) is 4. The van der Waals surface area contributed by atoms with Crippen LogP contribution in [-0.4, -0.2) is 49.5 Å². The molecule has 2 atom stereocenters. The summed E-state index contributed by atoms with van der Waals surface area (Å²) in [5, 5.41) is 14.3. The van der Waals surface area contributed by atoms with Crippen molar-refractivity contribution in [3.8, 4) is 0 Å².